The molecule has 1 heterocycles. The highest BCUT2D eigenvalue weighted by molar-refractivity contribution is 4.76. The molecule has 4 heteroatoms. The molecule has 1 fully saturated rings. The van der Waals surface area contributed by atoms with Crippen molar-refractivity contribution in [1.29, 1.82) is 0 Å². The van der Waals surface area contributed by atoms with Gasteiger partial charge in [0.2, 0.25) is 0 Å². The highest BCUT2D eigenvalue weighted by atomic mass is 16.3. The first-order valence-electron chi connectivity index (χ1n) is 4.55. The lowest BCUT2D eigenvalue weighted by Gasteiger charge is -2.20. The van der Waals surface area contributed by atoms with Crippen molar-refractivity contribution < 1.29 is 5.11 Å². The van der Waals surface area contributed by atoms with Gasteiger partial charge in [-0.25, -0.2) is 0 Å². The summed E-state index contributed by atoms with van der Waals surface area (Å²) in [4.78, 5) is 2.28. The number of nitrogens with one attached hydrogen (secondary N) is 2. The number of rotatable bonds is 4. The Morgan fingerprint density at radius 2 is 2.42 bits per heavy atom. The van der Waals surface area contributed by atoms with E-state index in [0.29, 0.717) is 6.04 Å². The van der Waals surface area contributed by atoms with Crippen LogP contribution in [0.1, 0.15) is 13.3 Å². The molecule has 1 aliphatic heterocycles. The molecule has 3 N–H and O–H groups in total. The van der Waals surface area contributed by atoms with Crippen molar-refractivity contribution in [3.8, 4) is 0 Å². The highest BCUT2D eigenvalue weighted by Crippen LogP contribution is 2.08. The van der Waals surface area contributed by atoms with Crippen LogP contribution in [0.25, 0.3) is 0 Å². The molecule has 0 spiro atoms. The monoisotopic (exact) mass is 173 g/mol. The molecule has 0 bridgehead atoms. The van der Waals surface area contributed by atoms with Crippen LogP contribution in [-0.4, -0.2) is 48.8 Å². The van der Waals surface area contributed by atoms with E-state index in [4.69, 9.17) is 0 Å². The lowest BCUT2D eigenvalue weighted by molar-refractivity contribution is 0.172. The van der Waals surface area contributed by atoms with E-state index < -0.39 is 0 Å². The van der Waals surface area contributed by atoms with Crippen LogP contribution in [0.2, 0.25) is 0 Å². The van der Waals surface area contributed by atoms with Crippen molar-refractivity contribution in [2.24, 2.45) is 0 Å². The molecule has 0 aromatic carbocycles. The van der Waals surface area contributed by atoms with Gasteiger partial charge in [0, 0.05) is 25.7 Å². The summed E-state index contributed by atoms with van der Waals surface area (Å²) in [5.74, 6) is 0. The van der Waals surface area contributed by atoms with Crippen molar-refractivity contribution in [2.75, 3.05) is 26.7 Å². The minimum Gasteiger partial charge on any atom is -0.392 e. The van der Waals surface area contributed by atoms with Gasteiger partial charge in [-0.1, -0.05) is 0 Å². The number of hydrogen-bond acceptors (Lipinski definition) is 4. The molecule has 0 aromatic heterocycles. The average molecular weight is 173 g/mol. The molecular weight excluding hydrogens is 154 g/mol. The molecule has 72 valence electrons. The zero-order valence-corrected chi connectivity index (χ0v) is 7.88. The molecule has 0 amide bonds. The maximum atomic E-state index is 9.26. The first kappa shape index (κ1) is 9.92. The summed E-state index contributed by atoms with van der Waals surface area (Å²) in [5.41, 5.74) is 6.03. The zero-order chi connectivity index (χ0) is 8.97. The minimum atomic E-state index is -0.105. The molecule has 2 atom stereocenters. The summed E-state index contributed by atoms with van der Waals surface area (Å²) >= 11 is 0. The van der Waals surface area contributed by atoms with Crippen molar-refractivity contribution in [1.82, 2.24) is 15.8 Å². The summed E-state index contributed by atoms with van der Waals surface area (Å²) < 4.78 is 0. The van der Waals surface area contributed by atoms with Crippen LogP contribution in [-0.2, 0) is 0 Å². The maximum Gasteiger partial charge on any atom is 0.0679 e. The summed E-state index contributed by atoms with van der Waals surface area (Å²) in [6, 6.07) is 0.431. The Morgan fingerprint density at radius 1 is 1.67 bits per heavy atom. The second-order valence-electron chi connectivity index (χ2n) is 3.50. The van der Waals surface area contributed by atoms with Crippen molar-refractivity contribution in [2.45, 2.75) is 25.5 Å². The number of β-amino-alcohol motifs (C(OH)–C–C–N with tert-alkyl or cyclic N) is 1. The Kier molecular flexibility index (Phi) is 3.94. The normalized spacial score (nSPS) is 27.8. The number of nitrogens with zero attached hydrogens (tertiary/aromatic N) is 1. The van der Waals surface area contributed by atoms with Crippen LogP contribution in [0.3, 0.4) is 0 Å². The van der Waals surface area contributed by atoms with E-state index in [2.05, 4.69) is 22.7 Å². The predicted octanol–water partition coefficient (Wildman–Crippen LogP) is -0.834. The zero-order valence-electron chi connectivity index (χ0n) is 7.88. The Labute approximate surface area is 73.9 Å². The molecule has 0 radical (unpaired) electrons. The molecular formula is C8H19N3O. The van der Waals surface area contributed by atoms with Gasteiger partial charge in [0.25, 0.3) is 0 Å². The van der Waals surface area contributed by atoms with E-state index in [-0.39, 0.29) is 6.10 Å². The van der Waals surface area contributed by atoms with Crippen LogP contribution >= 0.6 is 0 Å². The minimum absolute atomic E-state index is 0.105. The lowest BCUT2D eigenvalue weighted by atomic mass is 10.3. The second kappa shape index (κ2) is 4.77. The SMILES string of the molecule is CNN[C@@H](C)CN1CC[C@H](O)C1. The molecule has 1 saturated heterocycles. The number of aliphatic hydroxyl groups is 1. The van der Waals surface area contributed by atoms with Gasteiger partial charge >= 0.3 is 0 Å². The van der Waals surface area contributed by atoms with Gasteiger partial charge in [-0.2, -0.15) is 0 Å². The van der Waals surface area contributed by atoms with E-state index >= 15 is 0 Å². The quantitative estimate of drug-likeness (QED) is 0.485. The Morgan fingerprint density at radius 3 is 2.92 bits per heavy atom. The van der Waals surface area contributed by atoms with Gasteiger partial charge in [-0.05, 0) is 20.4 Å². The van der Waals surface area contributed by atoms with Gasteiger partial charge < -0.3 is 5.11 Å². The van der Waals surface area contributed by atoms with E-state index in [1.165, 1.54) is 0 Å². The molecule has 0 aliphatic carbocycles. The number of hydrazine groups is 1. The van der Waals surface area contributed by atoms with Crippen LogP contribution < -0.4 is 10.9 Å². The fourth-order valence-electron chi connectivity index (χ4n) is 1.66. The highest BCUT2D eigenvalue weighted by Gasteiger charge is 2.20. The summed E-state index contributed by atoms with van der Waals surface area (Å²) in [7, 11) is 1.87. The molecule has 4 nitrogen and oxygen atoms in total. The van der Waals surface area contributed by atoms with Gasteiger partial charge in [0.15, 0.2) is 0 Å². The smallest absolute Gasteiger partial charge is 0.0679 e. The molecule has 0 unspecified atom stereocenters. The largest absolute Gasteiger partial charge is 0.392 e. The Balaban J connectivity index is 2.14. The fraction of sp³-hybridized carbons (Fsp3) is 1.00. The Hall–Kier alpha value is -0.160. The predicted molar refractivity (Wildman–Crippen MR) is 48.7 cm³/mol. The summed E-state index contributed by atoms with van der Waals surface area (Å²) in [6.07, 6.45) is 0.818. The van der Waals surface area contributed by atoms with Gasteiger partial charge in [-0.3, -0.25) is 15.8 Å². The first-order chi connectivity index (χ1) is 5.72. The first-order valence-corrected chi connectivity index (χ1v) is 4.55. The fourth-order valence-corrected chi connectivity index (χ4v) is 1.66. The molecule has 1 aliphatic rings. The van der Waals surface area contributed by atoms with E-state index in [1.54, 1.807) is 0 Å². The average Bonchev–Trinajstić information content (AvgIpc) is 2.36. The van der Waals surface area contributed by atoms with E-state index in [0.717, 1.165) is 26.1 Å². The topological polar surface area (TPSA) is 47.5 Å². The number of aliphatic hydroxyl groups excluding tert-OH is 1. The van der Waals surface area contributed by atoms with E-state index in [1.807, 2.05) is 7.05 Å². The second-order valence-corrected chi connectivity index (χ2v) is 3.50. The van der Waals surface area contributed by atoms with Crippen LogP contribution in [0.5, 0.6) is 0 Å². The van der Waals surface area contributed by atoms with Crippen LogP contribution in [0.4, 0.5) is 0 Å². The van der Waals surface area contributed by atoms with Crippen molar-refractivity contribution in [3.63, 3.8) is 0 Å². The van der Waals surface area contributed by atoms with Crippen LogP contribution in [0.15, 0.2) is 0 Å². The summed E-state index contributed by atoms with van der Waals surface area (Å²) in [5, 5.41) is 9.26. The molecule has 0 aromatic rings. The van der Waals surface area contributed by atoms with E-state index in [9.17, 15) is 5.11 Å². The molecule has 1 rings (SSSR count). The number of hydrogen-bond donors (Lipinski definition) is 3. The maximum absolute atomic E-state index is 9.26. The Bertz CT molecular complexity index is 131. The molecule has 0 saturated carbocycles. The van der Waals surface area contributed by atoms with Gasteiger partial charge in [-0.15, -0.1) is 0 Å². The van der Waals surface area contributed by atoms with Gasteiger partial charge in [0.1, 0.15) is 0 Å². The van der Waals surface area contributed by atoms with Crippen molar-refractivity contribution in [3.05, 3.63) is 0 Å². The third-order valence-corrected chi connectivity index (χ3v) is 2.17. The number of likely N-dealkylation sites (tertiary alicyclic amines) is 1. The third-order valence-electron chi connectivity index (χ3n) is 2.17. The van der Waals surface area contributed by atoms with Crippen LogP contribution in [0, 0.1) is 0 Å². The van der Waals surface area contributed by atoms with Gasteiger partial charge in [0.05, 0.1) is 6.10 Å². The summed E-state index contributed by atoms with van der Waals surface area (Å²) in [6.45, 7) is 4.98. The lowest BCUT2D eigenvalue weighted by Crippen LogP contribution is -2.43. The standard InChI is InChI=1S/C8H19N3O/c1-7(10-9-2)5-11-4-3-8(12)6-11/h7-10,12H,3-6H2,1-2H3/t7-,8-/m0/s1. The molecule has 12 heavy (non-hydrogen) atoms. The van der Waals surface area contributed by atoms with Crippen molar-refractivity contribution >= 4 is 0 Å². The third kappa shape index (κ3) is 3.06.